The van der Waals surface area contributed by atoms with Gasteiger partial charge >= 0.3 is 0 Å². The summed E-state index contributed by atoms with van der Waals surface area (Å²) in [6.45, 7) is 3.21. The Balaban J connectivity index is 1.98. The van der Waals surface area contributed by atoms with E-state index in [-0.39, 0.29) is 0 Å². The summed E-state index contributed by atoms with van der Waals surface area (Å²) in [5, 5.41) is 4.74. The zero-order chi connectivity index (χ0) is 10.3. The van der Waals surface area contributed by atoms with E-state index in [2.05, 4.69) is 24.4 Å². The minimum absolute atomic E-state index is 0.622. The molecule has 1 aromatic heterocycles. The van der Waals surface area contributed by atoms with Crippen molar-refractivity contribution >= 4 is 11.0 Å². The summed E-state index contributed by atoms with van der Waals surface area (Å²) in [4.78, 5) is 0. The number of rotatable bonds is 2. The maximum atomic E-state index is 5.42. The molecule has 1 heterocycles. The van der Waals surface area contributed by atoms with Gasteiger partial charge in [-0.25, -0.2) is 0 Å². The van der Waals surface area contributed by atoms with Crippen molar-refractivity contribution in [3.05, 3.63) is 35.6 Å². The molecular formula is C13H15NO. The van der Waals surface area contributed by atoms with Crippen molar-refractivity contribution in [3.8, 4) is 0 Å². The molecule has 2 aromatic rings. The molecule has 0 amide bonds. The fraction of sp³-hybridized carbons (Fsp3) is 0.385. The van der Waals surface area contributed by atoms with Crippen molar-refractivity contribution in [1.82, 2.24) is 5.32 Å². The van der Waals surface area contributed by atoms with Crippen molar-refractivity contribution in [2.75, 3.05) is 6.54 Å². The maximum absolute atomic E-state index is 5.42. The van der Waals surface area contributed by atoms with Crippen LogP contribution in [-0.4, -0.2) is 12.6 Å². The highest BCUT2D eigenvalue weighted by Crippen LogP contribution is 2.28. The number of nitrogens with one attached hydrogen (secondary N) is 1. The van der Waals surface area contributed by atoms with Crippen LogP contribution in [0.3, 0.4) is 0 Å². The van der Waals surface area contributed by atoms with Gasteiger partial charge in [0.05, 0.1) is 6.26 Å². The molecule has 0 bridgehead atoms. The number of furan rings is 1. The lowest BCUT2D eigenvalue weighted by molar-refractivity contribution is 0.552. The second-order valence-corrected chi connectivity index (χ2v) is 4.24. The molecule has 0 radical (unpaired) electrons. The molecule has 1 atom stereocenters. The predicted molar refractivity (Wildman–Crippen MR) is 61.1 cm³/mol. The quantitative estimate of drug-likeness (QED) is 0.807. The van der Waals surface area contributed by atoms with Crippen LogP contribution in [-0.2, 0) is 12.8 Å². The fourth-order valence-electron chi connectivity index (χ4n) is 2.51. The molecule has 0 fully saturated rings. The summed E-state index contributed by atoms with van der Waals surface area (Å²) in [6.07, 6.45) is 4.06. The van der Waals surface area contributed by atoms with Crippen molar-refractivity contribution in [2.45, 2.75) is 25.8 Å². The van der Waals surface area contributed by atoms with Crippen LogP contribution >= 0.6 is 0 Å². The first kappa shape index (κ1) is 8.98. The van der Waals surface area contributed by atoms with E-state index in [1.807, 2.05) is 6.07 Å². The first-order chi connectivity index (χ1) is 7.36. The summed E-state index contributed by atoms with van der Waals surface area (Å²) in [5.41, 5.74) is 3.95. The Morgan fingerprint density at radius 3 is 2.93 bits per heavy atom. The lowest BCUT2D eigenvalue weighted by Crippen LogP contribution is -2.28. The lowest BCUT2D eigenvalue weighted by Gasteiger charge is -2.08. The molecule has 2 heteroatoms. The van der Waals surface area contributed by atoms with Crippen LogP contribution in [0.2, 0.25) is 0 Å². The number of benzene rings is 1. The van der Waals surface area contributed by atoms with E-state index in [1.54, 1.807) is 6.26 Å². The van der Waals surface area contributed by atoms with Crippen molar-refractivity contribution in [2.24, 2.45) is 0 Å². The smallest absolute Gasteiger partial charge is 0.134 e. The highest BCUT2D eigenvalue weighted by molar-refractivity contribution is 5.79. The Morgan fingerprint density at radius 1 is 1.33 bits per heavy atom. The van der Waals surface area contributed by atoms with Gasteiger partial charge < -0.3 is 9.73 Å². The van der Waals surface area contributed by atoms with E-state index in [4.69, 9.17) is 4.42 Å². The number of likely N-dealkylation sites (N-methyl/N-ethyl adjacent to an activating group) is 1. The second kappa shape index (κ2) is 3.38. The fourth-order valence-corrected chi connectivity index (χ4v) is 2.51. The van der Waals surface area contributed by atoms with Gasteiger partial charge in [-0.3, -0.25) is 0 Å². The summed E-state index contributed by atoms with van der Waals surface area (Å²) in [6, 6.07) is 7.13. The zero-order valence-electron chi connectivity index (χ0n) is 8.92. The van der Waals surface area contributed by atoms with E-state index in [0.29, 0.717) is 6.04 Å². The third-order valence-corrected chi connectivity index (χ3v) is 3.20. The zero-order valence-corrected chi connectivity index (χ0v) is 8.92. The van der Waals surface area contributed by atoms with Crippen LogP contribution in [0.4, 0.5) is 0 Å². The minimum Gasteiger partial charge on any atom is -0.464 e. The van der Waals surface area contributed by atoms with Gasteiger partial charge in [0.2, 0.25) is 0 Å². The first-order valence-electron chi connectivity index (χ1n) is 5.59. The van der Waals surface area contributed by atoms with E-state index < -0.39 is 0 Å². The monoisotopic (exact) mass is 201 g/mol. The lowest BCUT2D eigenvalue weighted by atomic mass is 10.1. The molecule has 0 saturated heterocycles. The first-order valence-corrected chi connectivity index (χ1v) is 5.59. The van der Waals surface area contributed by atoms with Crippen LogP contribution in [0.5, 0.6) is 0 Å². The van der Waals surface area contributed by atoms with Crippen LogP contribution in [0.15, 0.2) is 28.9 Å². The van der Waals surface area contributed by atoms with Gasteiger partial charge in [0.25, 0.3) is 0 Å². The molecule has 15 heavy (non-hydrogen) atoms. The van der Waals surface area contributed by atoms with Crippen LogP contribution in [0.1, 0.15) is 18.1 Å². The molecule has 1 N–H and O–H groups in total. The molecule has 2 nitrogen and oxygen atoms in total. The average Bonchev–Trinajstić information content (AvgIpc) is 2.78. The van der Waals surface area contributed by atoms with Crippen LogP contribution in [0.25, 0.3) is 11.0 Å². The van der Waals surface area contributed by atoms with Gasteiger partial charge in [0.15, 0.2) is 0 Å². The normalized spacial score (nSPS) is 19.7. The van der Waals surface area contributed by atoms with Gasteiger partial charge in [-0.05, 0) is 48.7 Å². The Hall–Kier alpha value is -1.28. The van der Waals surface area contributed by atoms with E-state index in [1.165, 1.54) is 16.5 Å². The highest BCUT2D eigenvalue weighted by Gasteiger charge is 2.21. The molecule has 0 unspecified atom stereocenters. The van der Waals surface area contributed by atoms with Gasteiger partial charge in [0, 0.05) is 11.4 Å². The third kappa shape index (κ3) is 1.45. The second-order valence-electron chi connectivity index (χ2n) is 4.24. The minimum atomic E-state index is 0.622. The summed E-state index contributed by atoms with van der Waals surface area (Å²) in [5.74, 6) is 0. The van der Waals surface area contributed by atoms with E-state index in [0.717, 1.165) is 25.0 Å². The van der Waals surface area contributed by atoms with Gasteiger partial charge in [-0.15, -0.1) is 0 Å². The van der Waals surface area contributed by atoms with Crippen molar-refractivity contribution in [1.29, 1.82) is 0 Å². The molecule has 1 aromatic carbocycles. The SMILES string of the molecule is CCN[C@H]1Cc2cc3ccoc3cc2C1. The standard InChI is InChI=1S/C13H15NO/c1-2-14-12-6-10-5-9-3-4-15-13(9)8-11(10)7-12/h3-5,8,12,14H,2,6-7H2,1H3/t12-/m0/s1. The molecule has 0 saturated carbocycles. The topological polar surface area (TPSA) is 25.2 Å². The predicted octanol–water partition coefficient (Wildman–Crippen LogP) is 2.51. The van der Waals surface area contributed by atoms with E-state index in [9.17, 15) is 0 Å². The molecule has 0 spiro atoms. The average molecular weight is 201 g/mol. The Labute approximate surface area is 89.3 Å². The number of hydrogen-bond donors (Lipinski definition) is 1. The van der Waals surface area contributed by atoms with Crippen molar-refractivity contribution in [3.63, 3.8) is 0 Å². The molecule has 78 valence electrons. The summed E-state index contributed by atoms with van der Waals surface area (Å²) >= 11 is 0. The molecule has 1 aliphatic carbocycles. The number of fused-ring (bicyclic) bond motifs is 2. The van der Waals surface area contributed by atoms with Gasteiger partial charge in [-0.1, -0.05) is 6.92 Å². The Bertz CT molecular complexity index is 446. The van der Waals surface area contributed by atoms with E-state index >= 15 is 0 Å². The van der Waals surface area contributed by atoms with Crippen LogP contribution < -0.4 is 5.32 Å². The number of hydrogen-bond acceptors (Lipinski definition) is 2. The van der Waals surface area contributed by atoms with Gasteiger partial charge in [-0.2, -0.15) is 0 Å². The van der Waals surface area contributed by atoms with Crippen molar-refractivity contribution < 1.29 is 4.42 Å². The largest absolute Gasteiger partial charge is 0.464 e. The Kier molecular flexibility index (Phi) is 2.03. The molecule has 1 aliphatic rings. The Morgan fingerprint density at radius 2 is 2.13 bits per heavy atom. The molecule has 3 rings (SSSR count). The molecular weight excluding hydrogens is 186 g/mol. The maximum Gasteiger partial charge on any atom is 0.134 e. The van der Waals surface area contributed by atoms with Crippen LogP contribution in [0, 0.1) is 0 Å². The molecule has 0 aliphatic heterocycles. The highest BCUT2D eigenvalue weighted by atomic mass is 16.3. The summed E-state index contributed by atoms with van der Waals surface area (Å²) in [7, 11) is 0. The third-order valence-electron chi connectivity index (χ3n) is 3.20. The van der Waals surface area contributed by atoms with Gasteiger partial charge in [0.1, 0.15) is 5.58 Å². The summed E-state index contributed by atoms with van der Waals surface area (Å²) < 4.78 is 5.42.